The molecule has 1 rings (SSSR count). The van der Waals surface area contributed by atoms with Gasteiger partial charge in [-0.3, -0.25) is 9.69 Å². The van der Waals surface area contributed by atoms with Crippen LogP contribution in [0.3, 0.4) is 0 Å². The van der Waals surface area contributed by atoms with E-state index in [1.165, 1.54) is 0 Å². The van der Waals surface area contributed by atoms with Gasteiger partial charge in [-0.05, 0) is 6.42 Å². The van der Waals surface area contributed by atoms with Crippen molar-refractivity contribution in [1.82, 2.24) is 10.2 Å². The number of carbonyl (C=O) groups excluding carboxylic acids is 1. The zero-order valence-corrected chi connectivity index (χ0v) is 7.70. The predicted octanol–water partition coefficient (Wildman–Crippen LogP) is -1.87. The van der Waals surface area contributed by atoms with Crippen LogP contribution in [0.5, 0.6) is 0 Å². The second-order valence-corrected chi connectivity index (χ2v) is 3.38. The molecular weight excluding hydrogens is 170 g/mol. The fraction of sp³-hybridized carbons (Fsp3) is 0.875. The number of aliphatic hydroxyl groups excluding tert-OH is 1. The first-order chi connectivity index (χ1) is 6.22. The first-order valence-corrected chi connectivity index (χ1v) is 4.58. The third-order valence-electron chi connectivity index (χ3n) is 2.07. The number of hydrogen-bond donors (Lipinski definition) is 3. The lowest BCUT2D eigenvalue weighted by atomic mass is 10.3. The average molecular weight is 187 g/mol. The number of aliphatic hydroxyl groups is 1. The predicted molar refractivity (Wildman–Crippen MR) is 49.1 cm³/mol. The molecule has 1 unspecified atom stereocenters. The molecule has 5 nitrogen and oxygen atoms in total. The minimum Gasteiger partial charge on any atom is -0.395 e. The van der Waals surface area contributed by atoms with Gasteiger partial charge in [0.1, 0.15) is 0 Å². The Balaban J connectivity index is 2.34. The van der Waals surface area contributed by atoms with E-state index >= 15 is 0 Å². The highest BCUT2D eigenvalue weighted by atomic mass is 16.3. The molecule has 0 aliphatic carbocycles. The number of rotatable bonds is 3. The van der Waals surface area contributed by atoms with Crippen LogP contribution in [0.4, 0.5) is 0 Å². The lowest BCUT2D eigenvalue weighted by Crippen LogP contribution is -2.42. The minimum absolute atomic E-state index is 0.0296. The molecule has 76 valence electrons. The Morgan fingerprint density at radius 3 is 3.15 bits per heavy atom. The van der Waals surface area contributed by atoms with Crippen LogP contribution in [0.15, 0.2) is 0 Å². The van der Waals surface area contributed by atoms with Crippen molar-refractivity contribution >= 4 is 5.91 Å². The van der Waals surface area contributed by atoms with Gasteiger partial charge in [-0.15, -0.1) is 0 Å². The van der Waals surface area contributed by atoms with Gasteiger partial charge in [0.2, 0.25) is 5.91 Å². The molecule has 0 spiro atoms. The van der Waals surface area contributed by atoms with Crippen molar-refractivity contribution in [3.8, 4) is 0 Å². The first-order valence-electron chi connectivity index (χ1n) is 4.58. The van der Waals surface area contributed by atoms with Crippen LogP contribution in [0.1, 0.15) is 6.42 Å². The van der Waals surface area contributed by atoms with Crippen molar-refractivity contribution in [2.24, 2.45) is 5.73 Å². The molecule has 1 atom stereocenters. The molecule has 1 saturated heterocycles. The van der Waals surface area contributed by atoms with Gasteiger partial charge in [-0.1, -0.05) is 0 Å². The van der Waals surface area contributed by atoms with E-state index in [0.29, 0.717) is 13.1 Å². The van der Waals surface area contributed by atoms with Crippen molar-refractivity contribution in [1.29, 1.82) is 0 Å². The molecule has 0 radical (unpaired) electrons. The second-order valence-electron chi connectivity index (χ2n) is 3.38. The molecule has 0 aromatic carbocycles. The number of amides is 1. The van der Waals surface area contributed by atoms with Crippen LogP contribution in [-0.2, 0) is 4.79 Å². The fourth-order valence-corrected chi connectivity index (χ4v) is 1.41. The lowest BCUT2D eigenvalue weighted by Gasteiger charge is -2.21. The monoisotopic (exact) mass is 187 g/mol. The van der Waals surface area contributed by atoms with Gasteiger partial charge in [-0.25, -0.2) is 0 Å². The Labute approximate surface area is 77.9 Å². The van der Waals surface area contributed by atoms with Gasteiger partial charge in [0.05, 0.1) is 13.2 Å². The molecule has 5 heteroatoms. The fourth-order valence-electron chi connectivity index (χ4n) is 1.41. The Kier molecular flexibility index (Phi) is 4.14. The van der Waals surface area contributed by atoms with Crippen molar-refractivity contribution in [2.45, 2.75) is 12.5 Å². The summed E-state index contributed by atoms with van der Waals surface area (Å²) in [4.78, 5) is 13.1. The normalized spacial score (nSPS) is 22.2. The zero-order valence-electron chi connectivity index (χ0n) is 7.70. The Hall–Kier alpha value is -0.650. The highest BCUT2D eigenvalue weighted by molar-refractivity contribution is 5.78. The van der Waals surface area contributed by atoms with Gasteiger partial charge >= 0.3 is 0 Å². The third-order valence-corrected chi connectivity index (χ3v) is 2.07. The summed E-state index contributed by atoms with van der Waals surface area (Å²) >= 11 is 0. The summed E-state index contributed by atoms with van der Waals surface area (Å²) in [6.45, 7) is 2.56. The lowest BCUT2D eigenvalue weighted by molar-refractivity contribution is -0.121. The van der Waals surface area contributed by atoms with Gasteiger partial charge in [0.15, 0.2) is 0 Å². The van der Waals surface area contributed by atoms with Crippen LogP contribution in [0.25, 0.3) is 0 Å². The largest absolute Gasteiger partial charge is 0.395 e. The van der Waals surface area contributed by atoms with E-state index in [1.54, 1.807) is 0 Å². The number of nitrogens with zero attached hydrogens (tertiary/aromatic N) is 1. The summed E-state index contributed by atoms with van der Waals surface area (Å²) in [6.07, 6.45) is 0.948. The molecule has 1 heterocycles. The van der Waals surface area contributed by atoms with Gasteiger partial charge in [0, 0.05) is 25.7 Å². The third kappa shape index (κ3) is 3.71. The molecule has 1 fully saturated rings. The van der Waals surface area contributed by atoms with Crippen molar-refractivity contribution in [3.63, 3.8) is 0 Å². The van der Waals surface area contributed by atoms with E-state index < -0.39 is 0 Å². The summed E-state index contributed by atoms with van der Waals surface area (Å²) < 4.78 is 0. The topological polar surface area (TPSA) is 78.6 Å². The maximum atomic E-state index is 11.1. The molecule has 0 saturated carbocycles. The highest BCUT2D eigenvalue weighted by Gasteiger charge is 2.16. The Bertz CT molecular complexity index is 175. The average Bonchev–Trinajstić information content (AvgIpc) is 2.30. The summed E-state index contributed by atoms with van der Waals surface area (Å²) in [5.41, 5.74) is 5.58. The van der Waals surface area contributed by atoms with Gasteiger partial charge < -0.3 is 16.2 Å². The Morgan fingerprint density at radius 2 is 2.46 bits per heavy atom. The minimum atomic E-state index is -0.245. The van der Waals surface area contributed by atoms with Crippen LogP contribution in [0.2, 0.25) is 0 Å². The maximum Gasteiger partial charge on any atom is 0.234 e. The maximum absolute atomic E-state index is 11.1. The van der Waals surface area contributed by atoms with E-state index in [1.807, 2.05) is 4.90 Å². The van der Waals surface area contributed by atoms with E-state index in [-0.39, 0.29) is 18.6 Å². The standard InChI is InChI=1S/C8H17N3O2/c9-7(6-12)4-11-3-1-2-10-8(13)5-11/h7,12H,1-6,9H2,(H,10,13). The van der Waals surface area contributed by atoms with Crippen LogP contribution in [-0.4, -0.2) is 54.7 Å². The van der Waals surface area contributed by atoms with E-state index in [4.69, 9.17) is 10.8 Å². The number of nitrogens with one attached hydrogen (secondary N) is 1. The quantitative estimate of drug-likeness (QED) is 0.483. The molecule has 0 bridgehead atoms. The SMILES string of the molecule is NC(CO)CN1CCCNC(=O)C1. The van der Waals surface area contributed by atoms with Gasteiger partial charge in [0.25, 0.3) is 0 Å². The van der Waals surface area contributed by atoms with E-state index in [0.717, 1.165) is 19.5 Å². The molecule has 1 aliphatic rings. The van der Waals surface area contributed by atoms with Crippen LogP contribution >= 0.6 is 0 Å². The summed E-state index contributed by atoms with van der Waals surface area (Å²) in [6, 6.07) is -0.245. The van der Waals surface area contributed by atoms with Crippen molar-refractivity contribution < 1.29 is 9.90 Å². The summed E-state index contributed by atoms with van der Waals surface area (Å²) in [7, 11) is 0. The second kappa shape index (κ2) is 5.16. The molecule has 4 N–H and O–H groups in total. The van der Waals surface area contributed by atoms with E-state index in [9.17, 15) is 4.79 Å². The van der Waals surface area contributed by atoms with Crippen molar-refractivity contribution in [2.75, 3.05) is 32.8 Å². The first kappa shape index (κ1) is 10.4. The molecule has 13 heavy (non-hydrogen) atoms. The molecule has 1 amide bonds. The molecule has 0 aromatic heterocycles. The van der Waals surface area contributed by atoms with E-state index in [2.05, 4.69) is 5.32 Å². The highest BCUT2D eigenvalue weighted by Crippen LogP contribution is 1.96. The number of carbonyl (C=O) groups is 1. The number of nitrogens with two attached hydrogens (primary N) is 1. The van der Waals surface area contributed by atoms with Crippen molar-refractivity contribution in [3.05, 3.63) is 0 Å². The molecular formula is C8H17N3O2. The van der Waals surface area contributed by atoms with Crippen LogP contribution < -0.4 is 11.1 Å². The number of hydrogen-bond acceptors (Lipinski definition) is 4. The van der Waals surface area contributed by atoms with Gasteiger partial charge in [-0.2, -0.15) is 0 Å². The smallest absolute Gasteiger partial charge is 0.234 e. The Morgan fingerprint density at radius 1 is 1.69 bits per heavy atom. The zero-order chi connectivity index (χ0) is 9.68. The molecule has 1 aliphatic heterocycles. The molecule has 0 aromatic rings. The summed E-state index contributed by atoms with van der Waals surface area (Å²) in [5.74, 6) is 0.0441. The van der Waals surface area contributed by atoms with Crippen LogP contribution in [0, 0.1) is 0 Å². The summed E-state index contributed by atoms with van der Waals surface area (Å²) in [5, 5.41) is 11.5.